The minimum absolute atomic E-state index is 0. The Bertz CT molecular complexity index is 404. The summed E-state index contributed by atoms with van der Waals surface area (Å²) in [4.78, 5) is 12.2. The number of halogens is 3. The maximum atomic E-state index is 10.9. The number of carboxylic acid groups (broad SMARTS) is 1. The van der Waals surface area contributed by atoms with Crippen LogP contribution in [-0.4, -0.2) is 38.3 Å². The van der Waals surface area contributed by atoms with Gasteiger partial charge in [-0.3, -0.25) is 0 Å². The van der Waals surface area contributed by atoms with Gasteiger partial charge in [0.15, 0.2) is 0 Å². The molecule has 1 aromatic rings. The molecule has 0 bridgehead atoms. The molecular formula is C11H14ClI2NO3. The quantitative estimate of drug-likeness (QED) is 0.469. The molecule has 0 heterocycles. The summed E-state index contributed by atoms with van der Waals surface area (Å²) in [5.41, 5.74) is 0.296. The molecule has 7 heteroatoms. The predicted octanol–water partition coefficient (Wildman–Crippen LogP) is -1.88. The van der Waals surface area contributed by atoms with Crippen molar-refractivity contribution in [1.82, 2.24) is 0 Å². The molecular weight excluding hydrogens is 483 g/mol. The molecule has 4 nitrogen and oxygen atoms in total. The maximum Gasteiger partial charge on any atom is 0.335 e. The van der Waals surface area contributed by atoms with E-state index in [1.165, 1.54) is 4.90 Å². The molecule has 0 amide bonds. The third kappa shape index (κ3) is 5.45. The Balaban J connectivity index is 0.00000289. The van der Waals surface area contributed by atoms with E-state index in [1.54, 1.807) is 12.1 Å². The average molecular weight is 497 g/mol. The summed E-state index contributed by atoms with van der Waals surface area (Å²) < 4.78 is 7.35. The molecule has 2 N–H and O–H groups in total. The zero-order chi connectivity index (χ0) is 13.0. The number of hydrogen-bond acceptors (Lipinski definition) is 2. The van der Waals surface area contributed by atoms with Crippen LogP contribution in [0.2, 0.25) is 0 Å². The number of hydrogen-bond donors (Lipinski definition) is 2. The van der Waals surface area contributed by atoms with Crippen molar-refractivity contribution in [2.45, 2.75) is 0 Å². The van der Waals surface area contributed by atoms with Crippen LogP contribution in [0.3, 0.4) is 0 Å². The van der Waals surface area contributed by atoms with Crippen molar-refractivity contribution in [2.24, 2.45) is 0 Å². The van der Waals surface area contributed by atoms with Gasteiger partial charge in [-0.2, -0.15) is 0 Å². The van der Waals surface area contributed by atoms with Crippen LogP contribution >= 0.6 is 45.2 Å². The first kappa shape index (κ1) is 18.2. The minimum Gasteiger partial charge on any atom is -1.00 e. The highest BCUT2D eigenvalue weighted by atomic mass is 127. The molecule has 0 fully saturated rings. The van der Waals surface area contributed by atoms with E-state index in [0.29, 0.717) is 12.2 Å². The van der Waals surface area contributed by atoms with Crippen LogP contribution in [-0.2, 0) is 0 Å². The Morgan fingerprint density at radius 2 is 1.83 bits per heavy atom. The Morgan fingerprint density at radius 1 is 1.33 bits per heavy atom. The second-order valence-electron chi connectivity index (χ2n) is 3.88. The Kier molecular flexibility index (Phi) is 8.48. The normalized spacial score (nSPS) is 10.1. The van der Waals surface area contributed by atoms with Gasteiger partial charge < -0.3 is 27.2 Å². The third-order valence-corrected chi connectivity index (χ3v) is 3.70. The van der Waals surface area contributed by atoms with E-state index in [9.17, 15) is 4.79 Å². The van der Waals surface area contributed by atoms with Gasteiger partial charge in [0.25, 0.3) is 0 Å². The van der Waals surface area contributed by atoms with Gasteiger partial charge in [-0.25, -0.2) is 4.79 Å². The number of rotatable bonds is 5. The first-order chi connectivity index (χ1) is 7.91. The SMILES string of the molecule is C[NH+](C)CCOc1c(I)cc(C(=O)O)cc1I.[Cl-]. The van der Waals surface area contributed by atoms with Crippen LogP contribution in [0.1, 0.15) is 10.4 Å². The number of carboxylic acids is 1. The summed E-state index contributed by atoms with van der Waals surface area (Å²) in [7, 11) is 4.12. The van der Waals surface area contributed by atoms with Crippen LogP contribution in [0.15, 0.2) is 12.1 Å². The number of aromatic carboxylic acids is 1. The van der Waals surface area contributed by atoms with Crippen molar-refractivity contribution in [1.29, 1.82) is 0 Å². The zero-order valence-electron chi connectivity index (χ0n) is 9.97. The second kappa shape index (κ2) is 8.39. The van der Waals surface area contributed by atoms with Gasteiger partial charge in [0.2, 0.25) is 0 Å². The van der Waals surface area contributed by atoms with Gasteiger partial charge in [-0.1, -0.05) is 0 Å². The first-order valence-electron chi connectivity index (χ1n) is 5.06. The molecule has 0 atom stereocenters. The fraction of sp³-hybridized carbons (Fsp3) is 0.364. The van der Waals surface area contributed by atoms with E-state index in [0.717, 1.165) is 19.4 Å². The van der Waals surface area contributed by atoms with Crippen molar-refractivity contribution < 1.29 is 31.9 Å². The Hall–Kier alpha value is 0.200. The molecule has 18 heavy (non-hydrogen) atoms. The summed E-state index contributed by atoms with van der Waals surface area (Å²) in [5, 5.41) is 8.92. The Morgan fingerprint density at radius 3 is 2.22 bits per heavy atom. The van der Waals surface area contributed by atoms with Gasteiger partial charge in [0.05, 0.1) is 26.8 Å². The van der Waals surface area contributed by atoms with Crippen LogP contribution in [0.25, 0.3) is 0 Å². The number of carbonyl (C=O) groups is 1. The highest BCUT2D eigenvalue weighted by molar-refractivity contribution is 14.1. The highest BCUT2D eigenvalue weighted by Gasteiger charge is 2.12. The van der Waals surface area contributed by atoms with Gasteiger partial charge in [0.1, 0.15) is 18.9 Å². The largest absolute Gasteiger partial charge is 1.00 e. The molecule has 1 aromatic carbocycles. The number of benzene rings is 1. The van der Waals surface area contributed by atoms with E-state index in [2.05, 4.69) is 59.3 Å². The zero-order valence-corrected chi connectivity index (χ0v) is 15.0. The standard InChI is InChI=1S/C11H13I2NO3.ClH/c1-14(2)3-4-17-10-8(12)5-7(11(15)16)6-9(10)13;/h5-6H,3-4H2,1-2H3,(H,15,16);1H. The minimum atomic E-state index is -0.912. The van der Waals surface area contributed by atoms with E-state index < -0.39 is 5.97 Å². The van der Waals surface area contributed by atoms with Gasteiger partial charge >= 0.3 is 5.97 Å². The maximum absolute atomic E-state index is 10.9. The molecule has 0 aliphatic rings. The molecule has 1 rings (SSSR count). The van der Waals surface area contributed by atoms with Gasteiger partial charge in [-0.05, 0) is 57.3 Å². The lowest BCUT2D eigenvalue weighted by Crippen LogP contribution is -3.06. The molecule has 0 aromatic heterocycles. The van der Waals surface area contributed by atoms with Crippen LogP contribution in [0.5, 0.6) is 5.75 Å². The van der Waals surface area contributed by atoms with E-state index in [1.807, 2.05) is 0 Å². The summed E-state index contributed by atoms with van der Waals surface area (Å²) >= 11 is 4.20. The monoisotopic (exact) mass is 497 g/mol. The molecule has 0 radical (unpaired) electrons. The number of likely N-dealkylation sites (N-methyl/N-ethyl adjacent to an activating group) is 1. The van der Waals surface area contributed by atoms with Crippen LogP contribution in [0.4, 0.5) is 0 Å². The predicted molar refractivity (Wildman–Crippen MR) is 82.0 cm³/mol. The smallest absolute Gasteiger partial charge is 0.335 e. The number of nitrogens with one attached hydrogen (secondary N) is 1. The van der Waals surface area contributed by atoms with Crippen molar-refractivity contribution >= 4 is 51.2 Å². The summed E-state index contributed by atoms with van der Waals surface area (Å²) in [6.07, 6.45) is 0. The van der Waals surface area contributed by atoms with Crippen molar-refractivity contribution in [3.05, 3.63) is 24.8 Å². The molecule has 0 unspecified atom stereocenters. The fourth-order valence-electron chi connectivity index (χ4n) is 1.18. The van der Waals surface area contributed by atoms with Crippen LogP contribution < -0.4 is 22.0 Å². The molecule has 102 valence electrons. The Labute approximate surface area is 140 Å². The van der Waals surface area contributed by atoms with Crippen molar-refractivity contribution in [3.8, 4) is 5.75 Å². The molecule has 0 spiro atoms. The van der Waals surface area contributed by atoms with Gasteiger partial charge in [-0.15, -0.1) is 0 Å². The molecule has 0 saturated carbocycles. The lowest BCUT2D eigenvalue weighted by molar-refractivity contribution is -0.858. The highest BCUT2D eigenvalue weighted by Crippen LogP contribution is 2.28. The first-order valence-corrected chi connectivity index (χ1v) is 7.21. The lowest BCUT2D eigenvalue weighted by atomic mass is 10.2. The average Bonchev–Trinajstić information content (AvgIpc) is 2.21. The third-order valence-electron chi connectivity index (χ3n) is 2.09. The van der Waals surface area contributed by atoms with Gasteiger partial charge in [0, 0.05) is 0 Å². The topological polar surface area (TPSA) is 51.0 Å². The second-order valence-corrected chi connectivity index (χ2v) is 6.20. The van der Waals surface area contributed by atoms with E-state index >= 15 is 0 Å². The molecule has 0 saturated heterocycles. The van der Waals surface area contributed by atoms with E-state index in [4.69, 9.17) is 9.84 Å². The van der Waals surface area contributed by atoms with E-state index in [-0.39, 0.29) is 12.4 Å². The van der Waals surface area contributed by atoms with Crippen LogP contribution in [0, 0.1) is 7.14 Å². The van der Waals surface area contributed by atoms with Crippen molar-refractivity contribution in [3.63, 3.8) is 0 Å². The summed E-state index contributed by atoms with van der Waals surface area (Å²) in [6, 6.07) is 3.26. The lowest BCUT2D eigenvalue weighted by Gasteiger charge is -2.12. The molecule has 0 aliphatic heterocycles. The summed E-state index contributed by atoms with van der Waals surface area (Å²) in [5.74, 6) is -0.137. The molecule has 0 aliphatic carbocycles. The fourth-order valence-corrected chi connectivity index (χ4v) is 3.26. The number of ether oxygens (including phenoxy) is 1. The summed E-state index contributed by atoms with van der Waals surface area (Å²) in [6.45, 7) is 1.54. The number of quaternary nitrogens is 1. The van der Waals surface area contributed by atoms with Crippen molar-refractivity contribution in [2.75, 3.05) is 27.2 Å².